The molecule has 0 heterocycles. The second kappa shape index (κ2) is 8.43. The lowest BCUT2D eigenvalue weighted by molar-refractivity contribution is -0.127. The lowest BCUT2D eigenvalue weighted by Crippen LogP contribution is -2.35. The Morgan fingerprint density at radius 2 is 1.65 bits per heavy atom. The van der Waals surface area contributed by atoms with Crippen LogP contribution in [0.15, 0.2) is 53.4 Å². The molecule has 0 spiro atoms. The fourth-order valence-corrected chi connectivity index (χ4v) is 2.93. The van der Waals surface area contributed by atoms with Gasteiger partial charge < -0.3 is 10.1 Å². The van der Waals surface area contributed by atoms with Gasteiger partial charge >= 0.3 is 0 Å². The molecule has 0 aliphatic rings. The molecule has 0 saturated heterocycles. The summed E-state index contributed by atoms with van der Waals surface area (Å²) in [6.07, 6.45) is 0. The molecule has 138 valence electrons. The Kier molecular flexibility index (Phi) is 6.28. The summed E-state index contributed by atoms with van der Waals surface area (Å²) in [6.45, 7) is -0.602. The monoisotopic (exact) mass is 379 g/mol. The van der Waals surface area contributed by atoms with Gasteiger partial charge in [-0.1, -0.05) is 0 Å². The number of hydroxylamine groups is 1. The molecule has 2 amide bonds. The number of amides is 2. The van der Waals surface area contributed by atoms with Crippen molar-refractivity contribution in [3.8, 4) is 5.75 Å². The highest BCUT2D eigenvalue weighted by atomic mass is 32.2. The molecule has 0 atom stereocenters. The quantitative estimate of drug-likeness (QED) is 0.414. The fraction of sp³-hybridized carbons (Fsp3) is 0.125. The van der Waals surface area contributed by atoms with Gasteiger partial charge in [-0.3, -0.25) is 14.8 Å². The Morgan fingerprint density at radius 3 is 2.19 bits per heavy atom. The van der Waals surface area contributed by atoms with E-state index in [2.05, 4.69) is 5.32 Å². The molecule has 0 aliphatic heterocycles. The van der Waals surface area contributed by atoms with Gasteiger partial charge in [0.15, 0.2) is 0 Å². The molecule has 0 radical (unpaired) electrons. The number of sulfonamides is 1. The molecule has 9 nitrogen and oxygen atoms in total. The van der Waals surface area contributed by atoms with E-state index in [0.29, 0.717) is 17.0 Å². The normalized spacial score (nSPS) is 10.8. The third-order valence-electron chi connectivity index (χ3n) is 3.32. The third-order valence-corrected chi connectivity index (χ3v) is 4.74. The van der Waals surface area contributed by atoms with Crippen molar-refractivity contribution in [1.29, 1.82) is 0 Å². The van der Waals surface area contributed by atoms with Crippen molar-refractivity contribution in [1.82, 2.24) is 10.2 Å². The molecular formula is C16H17N3O6S. The molecule has 0 saturated carbocycles. The molecule has 0 aliphatic carbocycles. The topological polar surface area (TPSA) is 134 Å². The first-order valence-electron chi connectivity index (χ1n) is 7.34. The number of carbonyl (C=O) groups is 2. The number of benzene rings is 2. The van der Waals surface area contributed by atoms with Crippen LogP contribution in [0.4, 0.5) is 5.69 Å². The van der Waals surface area contributed by atoms with Crippen molar-refractivity contribution in [2.24, 2.45) is 0 Å². The summed E-state index contributed by atoms with van der Waals surface area (Å²) in [5.74, 6) is -0.628. The van der Waals surface area contributed by atoms with Gasteiger partial charge in [-0.15, -0.1) is 0 Å². The molecule has 0 aromatic heterocycles. The van der Waals surface area contributed by atoms with E-state index in [1.165, 1.54) is 36.9 Å². The average Bonchev–Trinajstić information content (AvgIpc) is 2.66. The van der Waals surface area contributed by atoms with Crippen molar-refractivity contribution in [3.05, 3.63) is 54.1 Å². The number of hydrogen-bond acceptors (Lipinski definition) is 6. The largest absolute Gasteiger partial charge is 0.497 e. The second-order valence-corrected chi connectivity index (χ2v) is 6.83. The lowest BCUT2D eigenvalue weighted by atomic mass is 10.2. The first-order chi connectivity index (χ1) is 12.4. The van der Waals surface area contributed by atoms with Gasteiger partial charge in [-0.05, 0) is 48.5 Å². The Labute approximate surface area is 150 Å². The summed E-state index contributed by atoms with van der Waals surface area (Å²) in [4.78, 5) is 23.0. The van der Waals surface area contributed by atoms with Crippen LogP contribution >= 0.6 is 0 Å². The lowest BCUT2D eigenvalue weighted by Gasteiger charge is -2.08. The van der Waals surface area contributed by atoms with Gasteiger partial charge in [0, 0.05) is 11.3 Å². The van der Waals surface area contributed by atoms with E-state index in [1.54, 1.807) is 24.3 Å². The van der Waals surface area contributed by atoms with E-state index >= 15 is 0 Å². The SMILES string of the molecule is COc1ccc(C(=O)Nc2ccc(S(=O)(=O)NCC(=O)NO)cc2)cc1. The molecule has 4 N–H and O–H groups in total. The molecule has 10 heteroatoms. The van der Waals surface area contributed by atoms with Gasteiger partial charge in [-0.2, -0.15) is 0 Å². The molecule has 0 unspecified atom stereocenters. The maximum absolute atomic E-state index is 12.2. The van der Waals surface area contributed by atoms with E-state index in [1.807, 2.05) is 4.72 Å². The zero-order valence-corrected chi connectivity index (χ0v) is 14.5. The molecule has 2 aromatic carbocycles. The van der Waals surface area contributed by atoms with Crippen molar-refractivity contribution in [2.75, 3.05) is 19.0 Å². The summed E-state index contributed by atoms with van der Waals surface area (Å²) in [6, 6.07) is 11.9. The van der Waals surface area contributed by atoms with Crippen molar-refractivity contribution >= 4 is 27.5 Å². The van der Waals surface area contributed by atoms with E-state index < -0.39 is 22.5 Å². The standard InChI is InChI=1S/C16H17N3O6S/c1-25-13-6-2-11(3-7-13)16(21)18-12-4-8-14(9-5-12)26(23,24)17-10-15(20)19-22/h2-9,17,22H,10H2,1H3,(H,18,21)(H,19,20). The molecule has 26 heavy (non-hydrogen) atoms. The number of methoxy groups -OCH3 is 1. The van der Waals surface area contributed by atoms with E-state index in [4.69, 9.17) is 9.94 Å². The van der Waals surface area contributed by atoms with Crippen LogP contribution in [0.5, 0.6) is 5.75 Å². The van der Waals surface area contributed by atoms with Gasteiger partial charge in [0.1, 0.15) is 5.75 Å². The first kappa shape index (κ1) is 19.4. The minimum Gasteiger partial charge on any atom is -0.497 e. The number of anilines is 1. The van der Waals surface area contributed by atoms with Gasteiger partial charge in [0.25, 0.3) is 11.8 Å². The van der Waals surface area contributed by atoms with E-state index in [9.17, 15) is 18.0 Å². The van der Waals surface area contributed by atoms with Gasteiger partial charge in [0.2, 0.25) is 10.0 Å². The van der Waals surface area contributed by atoms with Crippen LogP contribution in [0.1, 0.15) is 10.4 Å². The first-order valence-corrected chi connectivity index (χ1v) is 8.82. The number of carbonyl (C=O) groups excluding carboxylic acids is 2. The van der Waals surface area contributed by atoms with Crippen molar-refractivity contribution in [2.45, 2.75) is 4.90 Å². The summed E-state index contributed by atoms with van der Waals surface area (Å²) in [5.41, 5.74) is 2.14. The maximum atomic E-state index is 12.2. The van der Waals surface area contributed by atoms with Crippen LogP contribution in [-0.4, -0.2) is 39.1 Å². The zero-order valence-electron chi connectivity index (χ0n) is 13.7. The zero-order chi connectivity index (χ0) is 19.2. The summed E-state index contributed by atoms with van der Waals surface area (Å²) in [5, 5.41) is 11.0. The number of nitrogens with one attached hydrogen (secondary N) is 3. The van der Waals surface area contributed by atoms with Crippen molar-refractivity contribution in [3.63, 3.8) is 0 Å². The van der Waals surface area contributed by atoms with Crippen LogP contribution in [0.2, 0.25) is 0 Å². The van der Waals surface area contributed by atoms with Gasteiger partial charge in [-0.25, -0.2) is 18.6 Å². The Balaban J connectivity index is 2.04. The highest BCUT2D eigenvalue weighted by Crippen LogP contribution is 2.16. The van der Waals surface area contributed by atoms with Crippen LogP contribution in [0, 0.1) is 0 Å². The van der Waals surface area contributed by atoms with Crippen LogP contribution < -0.4 is 20.3 Å². The third kappa shape index (κ3) is 5.02. The smallest absolute Gasteiger partial charge is 0.258 e. The summed E-state index contributed by atoms with van der Waals surface area (Å²) >= 11 is 0. The van der Waals surface area contributed by atoms with Crippen LogP contribution in [0.25, 0.3) is 0 Å². The predicted octanol–water partition coefficient (Wildman–Crippen LogP) is 0.731. The number of rotatable bonds is 7. The highest BCUT2D eigenvalue weighted by molar-refractivity contribution is 7.89. The minimum absolute atomic E-state index is 0.0920. The average molecular weight is 379 g/mol. The number of ether oxygens (including phenoxy) is 1. The van der Waals surface area contributed by atoms with Crippen molar-refractivity contribution < 1.29 is 28.0 Å². The maximum Gasteiger partial charge on any atom is 0.258 e. The fourth-order valence-electron chi connectivity index (χ4n) is 1.95. The highest BCUT2D eigenvalue weighted by Gasteiger charge is 2.15. The number of hydrogen-bond donors (Lipinski definition) is 4. The Bertz CT molecular complexity index is 879. The Morgan fingerprint density at radius 1 is 1.04 bits per heavy atom. The molecular weight excluding hydrogens is 362 g/mol. The summed E-state index contributed by atoms with van der Waals surface area (Å²) < 4.78 is 31.0. The minimum atomic E-state index is -3.92. The van der Waals surface area contributed by atoms with Crippen LogP contribution in [-0.2, 0) is 14.8 Å². The Hall–Kier alpha value is -2.95. The van der Waals surface area contributed by atoms with Crippen LogP contribution in [0.3, 0.4) is 0 Å². The molecule has 2 rings (SSSR count). The van der Waals surface area contributed by atoms with E-state index in [0.717, 1.165) is 0 Å². The predicted molar refractivity (Wildman–Crippen MR) is 92.5 cm³/mol. The summed E-state index contributed by atoms with van der Waals surface area (Å²) in [7, 11) is -2.40. The van der Waals surface area contributed by atoms with E-state index in [-0.39, 0.29) is 10.8 Å². The second-order valence-electron chi connectivity index (χ2n) is 5.07. The molecule has 2 aromatic rings. The van der Waals surface area contributed by atoms with Gasteiger partial charge in [0.05, 0.1) is 18.6 Å². The molecule has 0 bridgehead atoms. The molecule has 0 fully saturated rings.